The molecule has 0 heterocycles. The fourth-order valence-corrected chi connectivity index (χ4v) is 2.17. The first kappa shape index (κ1) is 16.9. The van der Waals surface area contributed by atoms with E-state index < -0.39 is 0 Å². The van der Waals surface area contributed by atoms with Crippen molar-refractivity contribution in [2.75, 3.05) is 6.61 Å². The van der Waals surface area contributed by atoms with Crippen LogP contribution in [0.15, 0.2) is 22.7 Å². The Morgan fingerprint density at radius 3 is 2.75 bits per heavy atom. The van der Waals surface area contributed by atoms with Gasteiger partial charge in [0.05, 0.1) is 0 Å². The van der Waals surface area contributed by atoms with Gasteiger partial charge in [0.15, 0.2) is 0 Å². The van der Waals surface area contributed by atoms with Crippen LogP contribution in [0, 0.1) is 11.7 Å². The van der Waals surface area contributed by atoms with Gasteiger partial charge in [0.2, 0.25) is 0 Å². The smallest absolute Gasteiger partial charge is 0.315 e. The van der Waals surface area contributed by atoms with Crippen molar-refractivity contribution in [1.82, 2.24) is 10.6 Å². The summed E-state index contributed by atoms with van der Waals surface area (Å²) in [5, 5.41) is 14.4. The number of hydrogen-bond acceptors (Lipinski definition) is 2. The van der Waals surface area contributed by atoms with Crippen LogP contribution in [-0.2, 0) is 6.54 Å². The highest BCUT2D eigenvalue weighted by atomic mass is 79.9. The highest BCUT2D eigenvalue weighted by Crippen LogP contribution is 2.17. The molecule has 0 spiro atoms. The topological polar surface area (TPSA) is 61.4 Å². The van der Waals surface area contributed by atoms with Crippen molar-refractivity contribution >= 4 is 22.0 Å². The van der Waals surface area contributed by atoms with E-state index >= 15 is 0 Å². The molecule has 1 unspecified atom stereocenters. The second kappa shape index (κ2) is 8.21. The summed E-state index contributed by atoms with van der Waals surface area (Å²) in [4.78, 5) is 11.8. The molecule has 3 N–H and O–H groups in total. The standard InChI is InChI=1S/C14H20BrFN2O2/c1-9(2)13(5-6-19)18-14(20)17-8-10-7-11(16)3-4-12(10)15/h3-4,7,9,13,19H,5-6,8H2,1-2H3,(H2,17,18,20). The van der Waals surface area contributed by atoms with Gasteiger partial charge in [-0.05, 0) is 36.1 Å². The lowest BCUT2D eigenvalue weighted by Crippen LogP contribution is -2.44. The van der Waals surface area contributed by atoms with Crippen molar-refractivity contribution in [3.8, 4) is 0 Å². The summed E-state index contributed by atoms with van der Waals surface area (Å²) in [6, 6.07) is 3.92. The predicted octanol–water partition coefficient (Wildman–Crippen LogP) is 2.79. The third kappa shape index (κ3) is 5.46. The lowest BCUT2D eigenvalue weighted by Gasteiger charge is -2.21. The fourth-order valence-electron chi connectivity index (χ4n) is 1.78. The third-order valence-electron chi connectivity index (χ3n) is 3.01. The zero-order valence-electron chi connectivity index (χ0n) is 11.6. The van der Waals surface area contributed by atoms with Crippen molar-refractivity contribution in [2.45, 2.75) is 32.9 Å². The molecular formula is C14H20BrFN2O2. The van der Waals surface area contributed by atoms with Gasteiger partial charge in [-0.2, -0.15) is 0 Å². The second-order valence-corrected chi connectivity index (χ2v) is 5.78. The summed E-state index contributed by atoms with van der Waals surface area (Å²) in [5.74, 6) is -0.112. The number of urea groups is 1. The molecule has 0 aromatic heterocycles. The average Bonchev–Trinajstić information content (AvgIpc) is 2.39. The normalized spacial score (nSPS) is 12.3. The van der Waals surface area contributed by atoms with Crippen molar-refractivity contribution in [3.63, 3.8) is 0 Å². The van der Waals surface area contributed by atoms with Crippen LogP contribution >= 0.6 is 15.9 Å². The molecule has 0 bridgehead atoms. The third-order valence-corrected chi connectivity index (χ3v) is 3.78. The molecule has 0 aliphatic rings. The maximum Gasteiger partial charge on any atom is 0.315 e. The van der Waals surface area contributed by atoms with Crippen molar-refractivity contribution in [3.05, 3.63) is 34.1 Å². The summed E-state index contributed by atoms with van der Waals surface area (Å²) < 4.78 is 13.9. The number of rotatable bonds is 6. The zero-order valence-corrected chi connectivity index (χ0v) is 13.2. The molecule has 4 nitrogen and oxygen atoms in total. The number of aliphatic hydroxyl groups is 1. The van der Waals surface area contributed by atoms with Crippen molar-refractivity contribution < 1.29 is 14.3 Å². The number of amides is 2. The SMILES string of the molecule is CC(C)C(CCO)NC(=O)NCc1cc(F)ccc1Br. The number of aliphatic hydroxyl groups excluding tert-OH is 1. The van der Waals surface area contributed by atoms with Crippen LogP contribution in [0.4, 0.5) is 9.18 Å². The van der Waals surface area contributed by atoms with E-state index in [1.807, 2.05) is 13.8 Å². The van der Waals surface area contributed by atoms with E-state index in [9.17, 15) is 9.18 Å². The van der Waals surface area contributed by atoms with Gasteiger partial charge in [-0.1, -0.05) is 29.8 Å². The van der Waals surface area contributed by atoms with Crippen LogP contribution in [0.3, 0.4) is 0 Å². The highest BCUT2D eigenvalue weighted by Gasteiger charge is 2.15. The van der Waals surface area contributed by atoms with E-state index in [-0.39, 0.29) is 37.0 Å². The molecule has 0 saturated heterocycles. The van der Waals surface area contributed by atoms with Gasteiger partial charge in [-0.15, -0.1) is 0 Å². The monoisotopic (exact) mass is 346 g/mol. The summed E-state index contributed by atoms with van der Waals surface area (Å²) in [6.07, 6.45) is 0.509. The van der Waals surface area contributed by atoms with Gasteiger partial charge in [0.25, 0.3) is 0 Å². The summed E-state index contributed by atoms with van der Waals surface area (Å²) in [5.41, 5.74) is 0.670. The van der Waals surface area contributed by atoms with Crippen LogP contribution in [0.5, 0.6) is 0 Å². The average molecular weight is 347 g/mol. The zero-order chi connectivity index (χ0) is 15.1. The van der Waals surface area contributed by atoms with Gasteiger partial charge >= 0.3 is 6.03 Å². The Morgan fingerprint density at radius 2 is 2.15 bits per heavy atom. The van der Waals surface area contributed by atoms with Crippen LogP contribution in [-0.4, -0.2) is 23.8 Å². The molecule has 6 heteroatoms. The fraction of sp³-hybridized carbons (Fsp3) is 0.500. The van der Waals surface area contributed by atoms with Crippen LogP contribution < -0.4 is 10.6 Å². The molecule has 2 amide bonds. The van der Waals surface area contributed by atoms with E-state index in [1.165, 1.54) is 12.1 Å². The van der Waals surface area contributed by atoms with Gasteiger partial charge < -0.3 is 15.7 Å². The van der Waals surface area contributed by atoms with Crippen LogP contribution in [0.25, 0.3) is 0 Å². The number of halogens is 2. The Labute approximate surface area is 126 Å². The summed E-state index contributed by atoms with van der Waals surface area (Å²) in [7, 11) is 0. The molecule has 0 aliphatic heterocycles. The second-order valence-electron chi connectivity index (χ2n) is 4.93. The Hall–Kier alpha value is -1.14. The number of hydrogen-bond donors (Lipinski definition) is 3. The number of benzene rings is 1. The van der Waals surface area contributed by atoms with Gasteiger partial charge in [-0.3, -0.25) is 0 Å². The first-order chi connectivity index (χ1) is 9.43. The molecule has 1 rings (SSSR count). The molecule has 0 fully saturated rings. The van der Waals surface area contributed by atoms with Gasteiger partial charge in [0, 0.05) is 23.7 Å². The minimum Gasteiger partial charge on any atom is -0.396 e. The first-order valence-corrected chi connectivity index (χ1v) is 7.32. The Morgan fingerprint density at radius 1 is 1.45 bits per heavy atom. The van der Waals surface area contributed by atoms with E-state index in [2.05, 4.69) is 26.6 Å². The minimum atomic E-state index is -0.342. The summed E-state index contributed by atoms with van der Waals surface area (Å²) in [6.45, 7) is 4.21. The van der Waals surface area contributed by atoms with Crippen LogP contribution in [0.1, 0.15) is 25.8 Å². The molecule has 0 aliphatic carbocycles. The number of carbonyl (C=O) groups excluding carboxylic acids is 1. The largest absolute Gasteiger partial charge is 0.396 e. The Balaban J connectivity index is 2.52. The lowest BCUT2D eigenvalue weighted by atomic mass is 10.0. The van der Waals surface area contributed by atoms with Crippen LogP contribution in [0.2, 0.25) is 0 Å². The highest BCUT2D eigenvalue weighted by molar-refractivity contribution is 9.10. The lowest BCUT2D eigenvalue weighted by molar-refractivity contribution is 0.218. The molecular weight excluding hydrogens is 327 g/mol. The molecule has 112 valence electrons. The molecule has 1 aromatic rings. The first-order valence-electron chi connectivity index (χ1n) is 6.53. The predicted molar refractivity (Wildman–Crippen MR) is 79.8 cm³/mol. The molecule has 1 atom stereocenters. The molecule has 0 saturated carbocycles. The Bertz CT molecular complexity index is 455. The minimum absolute atomic E-state index is 0.0264. The number of nitrogens with one attached hydrogen (secondary N) is 2. The van der Waals surface area contributed by atoms with E-state index in [4.69, 9.17) is 5.11 Å². The van der Waals surface area contributed by atoms with E-state index in [1.54, 1.807) is 6.07 Å². The van der Waals surface area contributed by atoms with Crippen molar-refractivity contribution in [1.29, 1.82) is 0 Å². The number of carbonyl (C=O) groups is 1. The summed E-state index contributed by atoms with van der Waals surface area (Å²) >= 11 is 3.31. The van der Waals surface area contributed by atoms with E-state index in [0.29, 0.717) is 12.0 Å². The maximum absolute atomic E-state index is 13.1. The maximum atomic E-state index is 13.1. The molecule has 1 aromatic carbocycles. The van der Waals surface area contributed by atoms with Gasteiger partial charge in [-0.25, -0.2) is 9.18 Å². The quantitative estimate of drug-likeness (QED) is 0.741. The Kier molecular flexibility index (Phi) is 6.95. The molecule has 20 heavy (non-hydrogen) atoms. The van der Waals surface area contributed by atoms with Gasteiger partial charge in [0.1, 0.15) is 5.82 Å². The van der Waals surface area contributed by atoms with Crippen molar-refractivity contribution in [2.24, 2.45) is 5.92 Å². The molecule has 0 radical (unpaired) electrons. The van der Waals surface area contributed by atoms with E-state index in [0.717, 1.165) is 4.47 Å².